The fourth-order valence-electron chi connectivity index (χ4n) is 3.15. The van der Waals surface area contributed by atoms with Gasteiger partial charge in [0.25, 0.3) is 0 Å². The fraction of sp³-hybridized carbons (Fsp3) is 0.273. The average Bonchev–Trinajstić information content (AvgIpc) is 3.06. The van der Waals surface area contributed by atoms with E-state index in [0.29, 0.717) is 23.1 Å². The van der Waals surface area contributed by atoms with Gasteiger partial charge < -0.3 is 5.11 Å². The number of hydrogen-bond donors (Lipinski definition) is 2. The summed E-state index contributed by atoms with van der Waals surface area (Å²) >= 11 is 1.47. The van der Waals surface area contributed by atoms with Gasteiger partial charge in [-0.1, -0.05) is 0 Å². The van der Waals surface area contributed by atoms with Gasteiger partial charge >= 0.3 is 5.97 Å². The lowest BCUT2D eigenvalue weighted by molar-refractivity contribution is 0.0695. The van der Waals surface area contributed by atoms with Crippen LogP contribution in [0.1, 0.15) is 37.6 Å². The van der Waals surface area contributed by atoms with Gasteiger partial charge in [-0.05, 0) is 74.7 Å². The Hall–Kier alpha value is -2.62. The van der Waals surface area contributed by atoms with Crippen molar-refractivity contribution >= 4 is 27.3 Å². The molecule has 0 radical (unpaired) electrons. The topological polar surface area (TPSA) is 96.4 Å². The van der Waals surface area contributed by atoms with Crippen LogP contribution in [0.15, 0.2) is 35.2 Å². The highest BCUT2D eigenvalue weighted by Crippen LogP contribution is 2.29. The molecule has 6 nitrogen and oxygen atoms in total. The third kappa shape index (κ3) is 5.00. The molecule has 0 bridgehead atoms. The zero-order chi connectivity index (χ0) is 22.9. The number of carboxylic acids is 1. The number of aromatic nitrogens is 1. The maximum Gasteiger partial charge on any atom is 0.336 e. The van der Waals surface area contributed by atoms with Crippen molar-refractivity contribution < 1.29 is 22.7 Å². The Morgan fingerprint density at radius 3 is 2.48 bits per heavy atom. The summed E-state index contributed by atoms with van der Waals surface area (Å²) in [7, 11) is -3.87. The number of sulfonamides is 1. The largest absolute Gasteiger partial charge is 0.478 e. The van der Waals surface area contributed by atoms with E-state index in [9.17, 15) is 22.7 Å². The molecule has 3 rings (SSSR count). The van der Waals surface area contributed by atoms with Gasteiger partial charge in [0, 0.05) is 23.4 Å². The van der Waals surface area contributed by atoms with Gasteiger partial charge in [-0.2, -0.15) is 0 Å². The van der Waals surface area contributed by atoms with Crippen LogP contribution in [-0.4, -0.2) is 31.0 Å². The Morgan fingerprint density at radius 2 is 1.84 bits per heavy atom. The van der Waals surface area contributed by atoms with Crippen molar-refractivity contribution in [3.05, 3.63) is 69.0 Å². The SMILES string of the molecule is Cc1cc(-c2nc(CCNS(=O)(=O)c3cc(C)c(C)c(C(=O)O)c3)c(C)s2)ccc1F. The summed E-state index contributed by atoms with van der Waals surface area (Å²) in [6.07, 6.45) is 0.373. The van der Waals surface area contributed by atoms with E-state index >= 15 is 0 Å². The first-order chi connectivity index (χ1) is 14.5. The second kappa shape index (κ2) is 8.86. The van der Waals surface area contributed by atoms with Crippen LogP contribution in [0.4, 0.5) is 4.39 Å². The molecule has 0 fully saturated rings. The van der Waals surface area contributed by atoms with Crippen molar-refractivity contribution in [1.82, 2.24) is 9.71 Å². The van der Waals surface area contributed by atoms with Gasteiger partial charge in [0.2, 0.25) is 10.0 Å². The van der Waals surface area contributed by atoms with Gasteiger partial charge in [-0.3, -0.25) is 0 Å². The fourth-order valence-corrected chi connectivity index (χ4v) is 5.25. The molecule has 31 heavy (non-hydrogen) atoms. The van der Waals surface area contributed by atoms with Crippen molar-refractivity contribution in [2.75, 3.05) is 6.54 Å². The van der Waals surface area contributed by atoms with Crippen LogP contribution >= 0.6 is 11.3 Å². The molecule has 0 aliphatic heterocycles. The second-order valence-corrected chi connectivity index (χ2v) is 10.3. The van der Waals surface area contributed by atoms with Crippen molar-refractivity contribution in [2.45, 2.75) is 39.0 Å². The number of hydrogen-bond acceptors (Lipinski definition) is 5. The number of benzene rings is 2. The average molecular weight is 463 g/mol. The summed E-state index contributed by atoms with van der Waals surface area (Å²) in [6, 6.07) is 7.46. The first-order valence-electron chi connectivity index (χ1n) is 9.56. The van der Waals surface area contributed by atoms with E-state index in [-0.39, 0.29) is 22.8 Å². The summed E-state index contributed by atoms with van der Waals surface area (Å²) in [5.74, 6) is -1.44. The number of carboxylic acid groups (broad SMARTS) is 1. The summed E-state index contributed by atoms with van der Waals surface area (Å²) in [4.78, 5) is 16.9. The predicted octanol–water partition coefficient (Wildman–Crippen LogP) is 4.40. The predicted molar refractivity (Wildman–Crippen MR) is 119 cm³/mol. The second-order valence-electron chi connectivity index (χ2n) is 7.35. The zero-order valence-electron chi connectivity index (χ0n) is 17.6. The summed E-state index contributed by atoms with van der Waals surface area (Å²) in [5.41, 5.74) is 3.21. The number of thiazole rings is 1. The van der Waals surface area contributed by atoms with Gasteiger partial charge in [0.05, 0.1) is 16.2 Å². The quantitative estimate of drug-likeness (QED) is 0.542. The number of halogens is 1. The Balaban J connectivity index is 1.75. The van der Waals surface area contributed by atoms with E-state index in [1.165, 1.54) is 29.5 Å². The van der Waals surface area contributed by atoms with E-state index in [1.807, 2.05) is 6.92 Å². The van der Waals surface area contributed by atoms with Crippen LogP contribution in [0.5, 0.6) is 0 Å². The zero-order valence-corrected chi connectivity index (χ0v) is 19.2. The molecule has 0 atom stereocenters. The van der Waals surface area contributed by atoms with Crippen LogP contribution in [0, 0.1) is 33.5 Å². The van der Waals surface area contributed by atoms with Crippen LogP contribution in [0.2, 0.25) is 0 Å². The van der Waals surface area contributed by atoms with E-state index in [4.69, 9.17) is 0 Å². The number of carbonyl (C=O) groups is 1. The molecular formula is C22H23FN2O4S2. The Kier molecular flexibility index (Phi) is 6.59. The number of aromatic carboxylic acids is 1. The molecule has 0 amide bonds. The monoisotopic (exact) mass is 462 g/mol. The molecule has 3 aromatic rings. The van der Waals surface area contributed by atoms with E-state index < -0.39 is 16.0 Å². The standard InChI is InChI=1S/C22H23FN2O4S2/c1-12-10-17(11-18(14(12)3)22(26)27)31(28,29)24-8-7-20-15(4)30-21(25-20)16-5-6-19(23)13(2)9-16/h5-6,9-11,24H,7-8H2,1-4H3,(H,26,27). The third-order valence-corrected chi connectivity index (χ3v) is 7.64. The highest BCUT2D eigenvalue weighted by molar-refractivity contribution is 7.89. The molecule has 2 aromatic carbocycles. The van der Waals surface area contributed by atoms with Crippen LogP contribution in [-0.2, 0) is 16.4 Å². The Morgan fingerprint density at radius 1 is 1.13 bits per heavy atom. The lowest BCUT2D eigenvalue weighted by Crippen LogP contribution is -2.26. The molecule has 0 saturated heterocycles. The molecule has 0 unspecified atom stereocenters. The smallest absolute Gasteiger partial charge is 0.336 e. The maximum absolute atomic E-state index is 13.5. The van der Waals surface area contributed by atoms with Crippen molar-refractivity contribution in [1.29, 1.82) is 0 Å². The lowest BCUT2D eigenvalue weighted by Gasteiger charge is -2.11. The normalized spacial score (nSPS) is 11.6. The van der Waals surface area contributed by atoms with Gasteiger partial charge in [0.1, 0.15) is 10.8 Å². The molecule has 1 heterocycles. The van der Waals surface area contributed by atoms with Crippen molar-refractivity contribution in [3.63, 3.8) is 0 Å². The van der Waals surface area contributed by atoms with Gasteiger partial charge in [-0.25, -0.2) is 27.3 Å². The highest BCUT2D eigenvalue weighted by Gasteiger charge is 2.20. The molecule has 0 aliphatic rings. The maximum atomic E-state index is 13.5. The summed E-state index contributed by atoms with van der Waals surface area (Å²) < 4.78 is 41.4. The molecule has 164 valence electrons. The van der Waals surface area contributed by atoms with E-state index in [1.54, 1.807) is 32.9 Å². The molecule has 1 aromatic heterocycles. The van der Waals surface area contributed by atoms with Crippen LogP contribution in [0.25, 0.3) is 10.6 Å². The molecule has 2 N–H and O–H groups in total. The first-order valence-corrected chi connectivity index (χ1v) is 11.9. The van der Waals surface area contributed by atoms with Crippen LogP contribution in [0.3, 0.4) is 0 Å². The molecule has 0 aliphatic carbocycles. The van der Waals surface area contributed by atoms with E-state index in [0.717, 1.165) is 21.1 Å². The molecule has 0 spiro atoms. The minimum Gasteiger partial charge on any atom is -0.478 e. The molecule has 9 heteroatoms. The lowest BCUT2D eigenvalue weighted by atomic mass is 10.0. The number of nitrogens with one attached hydrogen (secondary N) is 1. The Labute approximate surface area is 184 Å². The van der Waals surface area contributed by atoms with Crippen molar-refractivity contribution in [2.24, 2.45) is 0 Å². The number of rotatable bonds is 7. The Bertz CT molecular complexity index is 1270. The summed E-state index contributed by atoms with van der Waals surface area (Å²) in [6.45, 7) is 7.04. The third-order valence-electron chi connectivity index (χ3n) is 5.13. The van der Waals surface area contributed by atoms with Crippen LogP contribution < -0.4 is 4.72 Å². The first kappa shape index (κ1) is 23.1. The minimum absolute atomic E-state index is 0.0325. The molecular weight excluding hydrogens is 439 g/mol. The number of aryl methyl sites for hydroxylation is 3. The minimum atomic E-state index is -3.87. The van der Waals surface area contributed by atoms with Crippen molar-refractivity contribution in [3.8, 4) is 10.6 Å². The summed E-state index contributed by atoms with van der Waals surface area (Å²) in [5, 5.41) is 10.1. The molecule has 0 saturated carbocycles. The van der Waals surface area contributed by atoms with E-state index in [2.05, 4.69) is 9.71 Å². The van der Waals surface area contributed by atoms with Gasteiger partial charge in [0.15, 0.2) is 0 Å². The number of nitrogens with zero attached hydrogens (tertiary/aromatic N) is 1. The van der Waals surface area contributed by atoms with Gasteiger partial charge in [-0.15, -0.1) is 11.3 Å². The highest BCUT2D eigenvalue weighted by atomic mass is 32.2.